The molecule has 1 aromatic carbocycles. The molecular weight excluding hydrogens is 298 g/mol. The zero-order valence-corrected chi connectivity index (χ0v) is 13.0. The molecule has 0 aliphatic carbocycles. The van der Waals surface area contributed by atoms with Crippen LogP contribution in [0, 0.1) is 0 Å². The highest BCUT2D eigenvalue weighted by Gasteiger charge is 2.19. The Labute approximate surface area is 132 Å². The number of pyridine rings is 1. The van der Waals surface area contributed by atoms with E-state index in [0.29, 0.717) is 39.3 Å². The third-order valence-corrected chi connectivity index (χ3v) is 3.51. The highest BCUT2D eigenvalue weighted by Crippen LogP contribution is 2.43. The fourth-order valence-electron chi connectivity index (χ4n) is 2.46. The van der Waals surface area contributed by atoms with Gasteiger partial charge in [0.25, 0.3) is 0 Å². The van der Waals surface area contributed by atoms with Gasteiger partial charge in [-0.3, -0.25) is 4.98 Å². The Balaban J connectivity index is 2.36. The number of rotatable bonds is 4. The molecule has 118 valence electrons. The average molecular weight is 313 g/mol. The zero-order valence-electron chi connectivity index (χ0n) is 13.0. The Bertz CT molecular complexity index is 902. The van der Waals surface area contributed by atoms with Crippen molar-refractivity contribution in [3.05, 3.63) is 47.1 Å². The molecule has 2 heterocycles. The van der Waals surface area contributed by atoms with Crippen molar-refractivity contribution in [1.29, 1.82) is 0 Å². The van der Waals surface area contributed by atoms with Gasteiger partial charge in [0, 0.05) is 24.0 Å². The van der Waals surface area contributed by atoms with E-state index in [2.05, 4.69) is 4.98 Å². The number of ether oxygens (including phenoxy) is 3. The summed E-state index contributed by atoms with van der Waals surface area (Å²) >= 11 is 0. The summed E-state index contributed by atoms with van der Waals surface area (Å²) in [4.78, 5) is 16.3. The maximum absolute atomic E-state index is 12.3. The Morgan fingerprint density at radius 2 is 1.83 bits per heavy atom. The molecule has 3 rings (SSSR count). The van der Waals surface area contributed by atoms with E-state index in [0.717, 1.165) is 0 Å². The third kappa shape index (κ3) is 2.48. The Kier molecular flexibility index (Phi) is 3.89. The van der Waals surface area contributed by atoms with Crippen molar-refractivity contribution >= 4 is 11.0 Å². The van der Waals surface area contributed by atoms with Gasteiger partial charge in [-0.15, -0.1) is 0 Å². The van der Waals surface area contributed by atoms with Gasteiger partial charge in [0.15, 0.2) is 11.5 Å². The molecular formula is C17H15NO5. The van der Waals surface area contributed by atoms with Crippen LogP contribution < -0.4 is 19.8 Å². The van der Waals surface area contributed by atoms with Crippen molar-refractivity contribution in [2.24, 2.45) is 0 Å². The Morgan fingerprint density at radius 1 is 1.04 bits per heavy atom. The Hall–Kier alpha value is -3.02. The van der Waals surface area contributed by atoms with E-state index in [1.165, 1.54) is 21.3 Å². The second-order valence-corrected chi connectivity index (χ2v) is 4.75. The van der Waals surface area contributed by atoms with Gasteiger partial charge in [0.05, 0.1) is 32.3 Å². The van der Waals surface area contributed by atoms with Gasteiger partial charge in [-0.2, -0.15) is 0 Å². The molecule has 0 aliphatic heterocycles. The van der Waals surface area contributed by atoms with Gasteiger partial charge in [0.1, 0.15) is 5.58 Å². The topological polar surface area (TPSA) is 70.8 Å². The van der Waals surface area contributed by atoms with Gasteiger partial charge < -0.3 is 18.6 Å². The highest BCUT2D eigenvalue weighted by molar-refractivity contribution is 5.91. The van der Waals surface area contributed by atoms with E-state index in [-0.39, 0.29) is 0 Å². The molecule has 0 saturated carbocycles. The normalized spacial score (nSPS) is 10.6. The van der Waals surface area contributed by atoms with E-state index < -0.39 is 5.63 Å². The van der Waals surface area contributed by atoms with Crippen LogP contribution in [0.1, 0.15) is 0 Å². The predicted molar refractivity (Wildman–Crippen MR) is 85.4 cm³/mol. The SMILES string of the molecule is COc1cc2oc(=O)c(-c3cccnc3)cc2c(OC)c1OC. The van der Waals surface area contributed by atoms with Crippen LogP contribution in [0.2, 0.25) is 0 Å². The molecule has 0 bridgehead atoms. The molecule has 2 aromatic heterocycles. The summed E-state index contributed by atoms with van der Waals surface area (Å²) in [7, 11) is 4.55. The molecule has 0 saturated heterocycles. The molecule has 6 nitrogen and oxygen atoms in total. The summed E-state index contributed by atoms with van der Waals surface area (Å²) in [5.74, 6) is 1.30. The minimum Gasteiger partial charge on any atom is -0.493 e. The first kappa shape index (κ1) is 14.9. The van der Waals surface area contributed by atoms with Gasteiger partial charge >= 0.3 is 5.63 Å². The number of hydrogen-bond donors (Lipinski definition) is 0. The van der Waals surface area contributed by atoms with Crippen LogP contribution in [0.5, 0.6) is 17.2 Å². The minimum atomic E-state index is -0.459. The van der Waals surface area contributed by atoms with E-state index in [4.69, 9.17) is 18.6 Å². The minimum absolute atomic E-state index is 0.358. The second-order valence-electron chi connectivity index (χ2n) is 4.75. The predicted octanol–water partition coefficient (Wildman–Crippen LogP) is 2.88. The number of nitrogens with zero attached hydrogens (tertiary/aromatic N) is 1. The molecule has 0 fully saturated rings. The summed E-state index contributed by atoms with van der Waals surface area (Å²) in [5.41, 5.74) is 0.966. The van der Waals surface area contributed by atoms with Crippen LogP contribution in [-0.2, 0) is 0 Å². The molecule has 0 amide bonds. The number of fused-ring (bicyclic) bond motifs is 1. The molecule has 0 aliphatic rings. The van der Waals surface area contributed by atoms with Crippen molar-refractivity contribution in [2.75, 3.05) is 21.3 Å². The number of aromatic nitrogens is 1. The van der Waals surface area contributed by atoms with Crippen molar-refractivity contribution < 1.29 is 18.6 Å². The quantitative estimate of drug-likeness (QED) is 0.690. The molecule has 0 unspecified atom stereocenters. The van der Waals surface area contributed by atoms with Crippen molar-refractivity contribution in [3.8, 4) is 28.4 Å². The van der Waals surface area contributed by atoms with Gasteiger partial charge in [0.2, 0.25) is 5.75 Å². The van der Waals surface area contributed by atoms with E-state index >= 15 is 0 Å². The lowest BCUT2D eigenvalue weighted by molar-refractivity contribution is 0.326. The first-order valence-electron chi connectivity index (χ1n) is 6.86. The summed E-state index contributed by atoms with van der Waals surface area (Å²) < 4.78 is 21.5. The zero-order chi connectivity index (χ0) is 16.4. The number of methoxy groups -OCH3 is 3. The fraction of sp³-hybridized carbons (Fsp3) is 0.176. The Morgan fingerprint density at radius 3 is 2.43 bits per heavy atom. The molecule has 0 radical (unpaired) electrons. The molecule has 0 spiro atoms. The van der Waals surface area contributed by atoms with Gasteiger partial charge in [-0.05, 0) is 12.1 Å². The smallest absolute Gasteiger partial charge is 0.344 e. The van der Waals surface area contributed by atoms with Crippen LogP contribution in [0.25, 0.3) is 22.1 Å². The van der Waals surface area contributed by atoms with Gasteiger partial charge in [-0.25, -0.2) is 4.79 Å². The van der Waals surface area contributed by atoms with Crippen LogP contribution >= 0.6 is 0 Å². The van der Waals surface area contributed by atoms with Crippen LogP contribution in [-0.4, -0.2) is 26.3 Å². The summed E-state index contributed by atoms with van der Waals surface area (Å²) in [6.07, 6.45) is 3.24. The summed E-state index contributed by atoms with van der Waals surface area (Å²) in [6, 6.07) is 6.85. The fourth-order valence-corrected chi connectivity index (χ4v) is 2.46. The standard InChI is InChI=1S/C17H15NO5/c1-20-14-8-13-12(15(21-2)16(14)22-3)7-11(17(19)23-13)10-5-4-6-18-9-10/h4-9H,1-3H3. The highest BCUT2D eigenvalue weighted by atomic mass is 16.5. The van der Waals surface area contributed by atoms with E-state index in [1.807, 2.05) is 0 Å². The lowest BCUT2D eigenvalue weighted by Crippen LogP contribution is -2.04. The molecule has 0 N–H and O–H groups in total. The van der Waals surface area contributed by atoms with Crippen molar-refractivity contribution in [3.63, 3.8) is 0 Å². The molecule has 6 heteroatoms. The van der Waals surface area contributed by atoms with Crippen LogP contribution in [0.3, 0.4) is 0 Å². The maximum atomic E-state index is 12.3. The lowest BCUT2D eigenvalue weighted by Gasteiger charge is -2.14. The molecule has 3 aromatic rings. The molecule has 0 atom stereocenters. The largest absolute Gasteiger partial charge is 0.493 e. The first-order valence-corrected chi connectivity index (χ1v) is 6.86. The number of hydrogen-bond acceptors (Lipinski definition) is 6. The maximum Gasteiger partial charge on any atom is 0.344 e. The number of benzene rings is 1. The van der Waals surface area contributed by atoms with Crippen LogP contribution in [0.4, 0.5) is 0 Å². The average Bonchev–Trinajstić information content (AvgIpc) is 2.60. The van der Waals surface area contributed by atoms with Crippen molar-refractivity contribution in [2.45, 2.75) is 0 Å². The second kappa shape index (κ2) is 6.00. The van der Waals surface area contributed by atoms with Crippen molar-refractivity contribution in [1.82, 2.24) is 4.98 Å². The lowest BCUT2D eigenvalue weighted by atomic mass is 10.1. The van der Waals surface area contributed by atoms with E-state index in [1.54, 1.807) is 36.7 Å². The third-order valence-electron chi connectivity index (χ3n) is 3.51. The monoisotopic (exact) mass is 313 g/mol. The van der Waals surface area contributed by atoms with Gasteiger partial charge in [-0.1, -0.05) is 6.07 Å². The molecule has 23 heavy (non-hydrogen) atoms. The summed E-state index contributed by atoms with van der Waals surface area (Å²) in [6.45, 7) is 0. The first-order chi connectivity index (χ1) is 11.2. The summed E-state index contributed by atoms with van der Waals surface area (Å²) in [5, 5.41) is 0.614. The van der Waals surface area contributed by atoms with Crippen LogP contribution in [0.15, 0.2) is 45.9 Å². The van der Waals surface area contributed by atoms with E-state index in [9.17, 15) is 4.79 Å².